The van der Waals surface area contributed by atoms with Gasteiger partial charge in [-0.1, -0.05) is 5.92 Å². The lowest BCUT2D eigenvalue weighted by Crippen LogP contribution is -2.51. The van der Waals surface area contributed by atoms with Crippen LogP contribution in [-0.4, -0.2) is 86.0 Å². The molecular formula is C42H48N8O5S. The Morgan fingerprint density at radius 3 is 2.55 bits per heavy atom. The van der Waals surface area contributed by atoms with Crippen LogP contribution in [0.2, 0.25) is 0 Å². The minimum atomic E-state index is -3.38. The summed E-state index contributed by atoms with van der Waals surface area (Å²) >= 11 is 0. The predicted octanol–water partition coefficient (Wildman–Crippen LogP) is 5.02. The summed E-state index contributed by atoms with van der Waals surface area (Å²) in [5.74, 6) is 7.56. The number of piperidine rings is 1. The zero-order valence-corrected chi connectivity index (χ0v) is 33.5. The third-order valence-electron chi connectivity index (χ3n) is 11.9. The standard InChI is InChI=1S/C42H48N8O5S/c1-24(45-40(51)28-9-12-30(44-21-28)15-16-42(2,3)56(6,53)54)33-14-11-27-19-35(50(38(27)46-33)22-25-7-8-25)39-47-34-18-29(20-36(55-5)37(34)48(39)4)41(52)49-23-32(43)26-10-13-31(49)17-26/h9,11-12,14,18-21,24-26,31-32H,7-8,10,13,17,22-23,43H2,1-6H3,(H,45,51)/t24-,26+,31-,32+/m1/s1. The second-order valence-corrected chi connectivity index (χ2v) is 18.8. The van der Waals surface area contributed by atoms with Crippen molar-refractivity contribution in [2.75, 3.05) is 19.9 Å². The highest BCUT2D eigenvalue weighted by Crippen LogP contribution is 2.40. The van der Waals surface area contributed by atoms with Crippen LogP contribution in [0, 0.1) is 23.7 Å². The number of pyridine rings is 2. The SMILES string of the molecule is COc1cc(C(=O)N2C[C@H](N)[C@H]3CC[C@@H]2C3)cc2nc(-c3cc4ccc([C@@H](C)NC(=O)c5ccc(C#CC(C)(C)S(C)(=O)=O)nc5)nc4n3CC3CC3)n(C)c12. The van der Waals surface area contributed by atoms with Gasteiger partial charge in [-0.25, -0.2) is 23.4 Å². The number of nitrogens with two attached hydrogens (primary N) is 1. The molecular weight excluding hydrogens is 729 g/mol. The van der Waals surface area contributed by atoms with Gasteiger partial charge in [0.15, 0.2) is 15.7 Å². The van der Waals surface area contributed by atoms with Crippen molar-refractivity contribution in [3.05, 3.63) is 71.2 Å². The molecule has 0 radical (unpaired) electrons. The van der Waals surface area contributed by atoms with Gasteiger partial charge in [0.25, 0.3) is 11.8 Å². The van der Waals surface area contributed by atoms with Crippen LogP contribution >= 0.6 is 0 Å². The van der Waals surface area contributed by atoms with Gasteiger partial charge in [-0.15, -0.1) is 0 Å². The summed E-state index contributed by atoms with van der Waals surface area (Å²) in [5, 5.41) is 3.99. The number of fused-ring (bicyclic) bond motifs is 4. The molecule has 8 rings (SSSR count). The van der Waals surface area contributed by atoms with Crippen LogP contribution in [0.5, 0.6) is 5.75 Å². The molecule has 0 spiro atoms. The van der Waals surface area contributed by atoms with Gasteiger partial charge in [0.1, 0.15) is 27.4 Å². The van der Waals surface area contributed by atoms with E-state index in [2.05, 4.69) is 32.8 Å². The first-order valence-corrected chi connectivity index (χ1v) is 21.1. The number of methoxy groups -OCH3 is 1. The van der Waals surface area contributed by atoms with Crippen molar-refractivity contribution in [1.29, 1.82) is 0 Å². The summed E-state index contributed by atoms with van der Waals surface area (Å²) in [6, 6.07) is 12.8. The molecule has 56 heavy (non-hydrogen) atoms. The quantitative estimate of drug-likeness (QED) is 0.196. The predicted molar refractivity (Wildman–Crippen MR) is 215 cm³/mol. The summed E-state index contributed by atoms with van der Waals surface area (Å²) in [4.78, 5) is 43.7. The lowest BCUT2D eigenvalue weighted by atomic mass is 9.94. The Labute approximate surface area is 326 Å². The second-order valence-electron chi connectivity index (χ2n) is 16.3. The van der Waals surface area contributed by atoms with Crippen molar-refractivity contribution in [2.24, 2.45) is 24.6 Å². The van der Waals surface area contributed by atoms with Gasteiger partial charge in [0, 0.05) is 55.6 Å². The molecule has 4 atom stereocenters. The maximum absolute atomic E-state index is 14.0. The fourth-order valence-electron chi connectivity index (χ4n) is 8.00. The number of aryl methyl sites for hydroxylation is 1. The van der Waals surface area contributed by atoms with E-state index in [1.165, 1.54) is 6.20 Å². The average molecular weight is 777 g/mol. The van der Waals surface area contributed by atoms with Crippen molar-refractivity contribution in [1.82, 2.24) is 34.3 Å². The average Bonchev–Trinajstić information content (AvgIpc) is 3.64. The first kappa shape index (κ1) is 37.7. The Morgan fingerprint density at radius 1 is 1.07 bits per heavy atom. The van der Waals surface area contributed by atoms with Gasteiger partial charge in [-0.2, -0.15) is 0 Å². The minimum Gasteiger partial charge on any atom is -0.494 e. The van der Waals surface area contributed by atoms with Crippen molar-refractivity contribution in [3.8, 4) is 29.1 Å². The topological polar surface area (TPSA) is 167 Å². The van der Waals surface area contributed by atoms with Crippen LogP contribution in [-0.2, 0) is 23.4 Å². The van der Waals surface area contributed by atoms with Gasteiger partial charge < -0.3 is 29.8 Å². The number of hydrogen-bond donors (Lipinski definition) is 2. The molecule has 1 saturated heterocycles. The summed E-state index contributed by atoms with van der Waals surface area (Å²) in [5.41, 5.74) is 11.6. The monoisotopic (exact) mass is 776 g/mol. The molecule has 13 nitrogen and oxygen atoms in total. The summed E-state index contributed by atoms with van der Waals surface area (Å²) in [6.07, 6.45) is 7.88. The van der Waals surface area contributed by atoms with E-state index in [9.17, 15) is 18.0 Å². The van der Waals surface area contributed by atoms with E-state index in [0.717, 1.165) is 73.0 Å². The molecule has 0 unspecified atom stereocenters. The highest BCUT2D eigenvalue weighted by atomic mass is 32.2. The van der Waals surface area contributed by atoms with Crippen LogP contribution in [0.15, 0.2) is 48.7 Å². The zero-order valence-electron chi connectivity index (χ0n) is 32.7. The molecule has 4 aromatic heterocycles. The molecule has 292 valence electrons. The van der Waals surface area contributed by atoms with Crippen LogP contribution in [0.3, 0.4) is 0 Å². The number of imidazole rings is 1. The normalized spacial score (nSPS) is 20.2. The van der Waals surface area contributed by atoms with E-state index >= 15 is 0 Å². The van der Waals surface area contributed by atoms with E-state index < -0.39 is 20.6 Å². The first-order valence-electron chi connectivity index (χ1n) is 19.2. The summed E-state index contributed by atoms with van der Waals surface area (Å²) < 4.78 is 32.9. The van der Waals surface area contributed by atoms with Gasteiger partial charge >= 0.3 is 0 Å². The molecule has 2 saturated carbocycles. The van der Waals surface area contributed by atoms with E-state index in [1.54, 1.807) is 33.1 Å². The molecule has 3 fully saturated rings. The number of benzene rings is 1. The third-order valence-corrected chi connectivity index (χ3v) is 13.9. The smallest absolute Gasteiger partial charge is 0.254 e. The number of rotatable bonds is 9. The highest BCUT2D eigenvalue weighted by Gasteiger charge is 2.41. The minimum absolute atomic E-state index is 0.00191. The van der Waals surface area contributed by atoms with Crippen LogP contribution in [0.25, 0.3) is 33.6 Å². The zero-order chi connectivity index (χ0) is 39.7. The number of likely N-dealkylation sites (tertiary alicyclic amines) is 1. The van der Waals surface area contributed by atoms with Gasteiger partial charge in [-0.05, 0) is 113 Å². The van der Waals surface area contributed by atoms with Crippen LogP contribution in [0.4, 0.5) is 0 Å². The molecule has 5 heterocycles. The number of ether oxygens (including phenoxy) is 1. The number of nitrogens with zero attached hydrogens (tertiary/aromatic N) is 6. The summed E-state index contributed by atoms with van der Waals surface area (Å²) in [7, 11) is 0.206. The van der Waals surface area contributed by atoms with E-state index in [0.29, 0.717) is 52.2 Å². The maximum Gasteiger partial charge on any atom is 0.254 e. The lowest BCUT2D eigenvalue weighted by molar-refractivity contribution is 0.0603. The van der Waals surface area contributed by atoms with Gasteiger partial charge in [-0.3, -0.25) is 9.59 Å². The van der Waals surface area contributed by atoms with Crippen molar-refractivity contribution in [3.63, 3.8) is 0 Å². The lowest BCUT2D eigenvalue weighted by Gasteiger charge is -2.37. The molecule has 1 aromatic carbocycles. The molecule has 3 aliphatic rings. The first-order chi connectivity index (χ1) is 26.6. The van der Waals surface area contributed by atoms with Gasteiger partial charge in [0.05, 0.1) is 35.6 Å². The molecule has 2 aliphatic carbocycles. The highest BCUT2D eigenvalue weighted by molar-refractivity contribution is 7.92. The number of hydrogen-bond acceptors (Lipinski definition) is 9. The number of carbonyl (C=O) groups is 2. The fourth-order valence-corrected chi connectivity index (χ4v) is 8.23. The van der Waals surface area contributed by atoms with Crippen molar-refractivity contribution in [2.45, 2.75) is 82.3 Å². The molecule has 1 aliphatic heterocycles. The Morgan fingerprint density at radius 2 is 1.86 bits per heavy atom. The molecule has 2 bridgehead atoms. The Bertz CT molecular complexity index is 2560. The Hall–Kier alpha value is -5.26. The van der Waals surface area contributed by atoms with E-state index in [4.69, 9.17) is 20.4 Å². The van der Waals surface area contributed by atoms with E-state index in [1.807, 2.05) is 47.7 Å². The number of aromatic nitrogens is 5. The molecule has 3 N–H and O–H groups in total. The number of nitrogens with one attached hydrogen (secondary N) is 1. The Balaban J connectivity index is 1.07. The number of carbonyl (C=O) groups excluding carboxylic acids is 2. The fraction of sp³-hybridized carbons (Fsp3) is 0.452. The molecule has 5 aromatic rings. The number of amides is 2. The van der Waals surface area contributed by atoms with Crippen LogP contribution < -0.4 is 15.8 Å². The van der Waals surface area contributed by atoms with E-state index in [-0.39, 0.29) is 23.9 Å². The molecule has 14 heteroatoms. The molecule has 2 amide bonds. The maximum atomic E-state index is 14.0. The van der Waals surface area contributed by atoms with Crippen molar-refractivity contribution < 1.29 is 22.7 Å². The second kappa shape index (κ2) is 14.0. The Kier molecular flexibility index (Phi) is 9.44. The summed E-state index contributed by atoms with van der Waals surface area (Å²) in [6.45, 7) is 6.32. The van der Waals surface area contributed by atoms with Gasteiger partial charge in [0.2, 0.25) is 0 Å². The third kappa shape index (κ3) is 6.92. The number of sulfone groups is 1. The van der Waals surface area contributed by atoms with Crippen molar-refractivity contribution >= 4 is 43.7 Å². The van der Waals surface area contributed by atoms with Crippen LogP contribution in [0.1, 0.15) is 91.0 Å². The largest absolute Gasteiger partial charge is 0.494 e.